The van der Waals surface area contributed by atoms with Crippen LogP contribution >= 0.6 is 0 Å². The van der Waals surface area contributed by atoms with Gasteiger partial charge in [0.05, 0.1) is 17.1 Å². The van der Waals surface area contributed by atoms with Crippen molar-refractivity contribution >= 4 is 0 Å². The summed E-state index contributed by atoms with van der Waals surface area (Å²) in [4.78, 5) is 13.6. The highest BCUT2D eigenvalue weighted by atomic mass is 14.7. The van der Waals surface area contributed by atoms with Crippen LogP contribution in [0.3, 0.4) is 0 Å². The quantitative estimate of drug-likeness (QED) is 0.138. The number of nitrogens with zero attached hydrogens (tertiary/aromatic N) is 3. The standard InChI is InChI=1S/C49H39N3/c1-2-10-46(45(9-1)40-26-28-43(29-27-40)49-13-5-8-32-52-49)44-34-38(16-14-36-18-22-41(23-19-36)47-11-3-6-30-50-47)33-39(35-44)17-15-37-20-24-42(25-21-37)48-12-4-7-31-51-48/h1-13,18-35H,14-17H2. The molecule has 0 amide bonds. The first kappa shape index (κ1) is 32.7. The van der Waals surface area contributed by atoms with Gasteiger partial charge < -0.3 is 0 Å². The summed E-state index contributed by atoms with van der Waals surface area (Å²) in [6, 6.07) is 60.7. The molecule has 3 nitrogen and oxygen atoms in total. The Morgan fingerprint density at radius 1 is 0.269 bits per heavy atom. The minimum absolute atomic E-state index is 0.962. The summed E-state index contributed by atoms with van der Waals surface area (Å²) in [5, 5.41) is 0. The Kier molecular flexibility index (Phi) is 9.83. The number of hydrogen-bond donors (Lipinski definition) is 0. The molecule has 0 spiro atoms. The molecule has 0 saturated carbocycles. The number of aromatic nitrogens is 3. The molecule has 3 heteroatoms. The van der Waals surface area contributed by atoms with Crippen LogP contribution in [0.1, 0.15) is 22.3 Å². The van der Waals surface area contributed by atoms with E-state index in [1.807, 2.05) is 55.0 Å². The van der Waals surface area contributed by atoms with Crippen LogP contribution < -0.4 is 0 Å². The highest BCUT2D eigenvalue weighted by Crippen LogP contribution is 2.35. The number of pyridine rings is 3. The molecule has 8 aromatic rings. The molecule has 3 aromatic heterocycles. The fourth-order valence-corrected chi connectivity index (χ4v) is 6.88. The van der Waals surface area contributed by atoms with Gasteiger partial charge in [0.15, 0.2) is 0 Å². The molecule has 8 rings (SSSR count). The van der Waals surface area contributed by atoms with Crippen LogP contribution in [0, 0.1) is 0 Å². The Hall–Kier alpha value is -6.45. The lowest BCUT2D eigenvalue weighted by Gasteiger charge is -2.15. The zero-order chi connectivity index (χ0) is 35.0. The molecule has 3 heterocycles. The lowest BCUT2D eigenvalue weighted by Crippen LogP contribution is -1.98. The van der Waals surface area contributed by atoms with Crippen LogP contribution in [0.4, 0.5) is 0 Å². The van der Waals surface area contributed by atoms with E-state index < -0.39 is 0 Å². The molecule has 0 aliphatic rings. The molecule has 0 saturated heterocycles. The highest BCUT2D eigenvalue weighted by Gasteiger charge is 2.12. The van der Waals surface area contributed by atoms with Crippen molar-refractivity contribution in [3.8, 4) is 56.0 Å². The lowest BCUT2D eigenvalue weighted by molar-refractivity contribution is 0.931. The summed E-state index contributed by atoms with van der Waals surface area (Å²) < 4.78 is 0. The Morgan fingerprint density at radius 3 is 1.02 bits per heavy atom. The van der Waals surface area contributed by atoms with E-state index in [1.165, 1.54) is 44.5 Å². The minimum atomic E-state index is 0.962. The van der Waals surface area contributed by atoms with Crippen LogP contribution in [0.2, 0.25) is 0 Å². The van der Waals surface area contributed by atoms with Gasteiger partial charge in [-0.2, -0.15) is 0 Å². The third-order valence-electron chi connectivity index (χ3n) is 9.68. The molecule has 5 aromatic carbocycles. The van der Waals surface area contributed by atoms with E-state index in [2.05, 4.69) is 148 Å². The Labute approximate surface area is 306 Å². The zero-order valence-corrected chi connectivity index (χ0v) is 29.1. The van der Waals surface area contributed by atoms with Gasteiger partial charge in [0, 0.05) is 35.3 Å². The SMILES string of the molecule is c1ccc(-c2ccc(CCc3cc(CCc4ccc(-c5ccccn5)cc4)cc(-c4ccccc4-c4ccc(-c5ccccn5)cc4)c3)cc2)nc1. The largest absolute Gasteiger partial charge is 0.256 e. The summed E-state index contributed by atoms with van der Waals surface area (Å²) in [5.41, 5.74) is 16.7. The van der Waals surface area contributed by atoms with Crippen molar-refractivity contribution in [2.45, 2.75) is 25.7 Å². The van der Waals surface area contributed by atoms with Crippen molar-refractivity contribution in [2.24, 2.45) is 0 Å². The molecule has 0 aliphatic carbocycles. The predicted octanol–water partition coefficient (Wildman–Crippen LogP) is 11.8. The van der Waals surface area contributed by atoms with Gasteiger partial charge in [-0.25, -0.2) is 0 Å². The van der Waals surface area contributed by atoms with Crippen molar-refractivity contribution in [3.63, 3.8) is 0 Å². The first-order chi connectivity index (χ1) is 25.7. The van der Waals surface area contributed by atoms with Gasteiger partial charge in [-0.05, 0) is 107 Å². The monoisotopic (exact) mass is 669 g/mol. The second-order valence-corrected chi connectivity index (χ2v) is 13.2. The molecule has 0 bridgehead atoms. The first-order valence-corrected chi connectivity index (χ1v) is 18.0. The van der Waals surface area contributed by atoms with Crippen molar-refractivity contribution in [1.29, 1.82) is 0 Å². The molecular weight excluding hydrogens is 631 g/mol. The second-order valence-electron chi connectivity index (χ2n) is 13.2. The maximum atomic E-state index is 4.55. The molecule has 52 heavy (non-hydrogen) atoms. The van der Waals surface area contributed by atoms with Gasteiger partial charge in [-0.3, -0.25) is 15.0 Å². The third-order valence-corrected chi connectivity index (χ3v) is 9.68. The maximum absolute atomic E-state index is 4.55. The topological polar surface area (TPSA) is 38.7 Å². The number of aryl methyl sites for hydroxylation is 4. The predicted molar refractivity (Wildman–Crippen MR) is 215 cm³/mol. The minimum Gasteiger partial charge on any atom is -0.256 e. The second kappa shape index (κ2) is 15.6. The molecule has 0 fully saturated rings. The van der Waals surface area contributed by atoms with Crippen LogP contribution in [-0.4, -0.2) is 15.0 Å². The average Bonchev–Trinajstić information content (AvgIpc) is 3.23. The van der Waals surface area contributed by atoms with E-state index >= 15 is 0 Å². The molecule has 0 N–H and O–H groups in total. The third kappa shape index (κ3) is 7.80. The van der Waals surface area contributed by atoms with Crippen molar-refractivity contribution < 1.29 is 0 Å². The summed E-state index contributed by atoms with van der Waals surface area (Å²) in [6.45, 7) is 0. The Bertz CT molecular complexity index is 2250. The van der Waals surface area contributed by atoms with E-state index in [4.69, 9.17) is 0 Å². The van der Waals surface area contributed by atoms with Gasteiger partial charge in [0.2, 0.25) is 0 Å². The maximum Gasteiger partial charge on any atom is 0.0701 e. The lowest BCUT2D eigenvalue weighted by atomic mass is 9.90. The van der Waals surface area contributed by atoms with Crippen LogP contribution in [0.15, 0.2) is 188 Å². The number of hydrogen-bond acceptors (Lipinski definition) is 3. The molecule has 0 atom stereocenters. The van der Waals surface area contributed by atoms with E-state index in [0.717, 1.165) is 59.5 Å². The van der Waals surface area contributed by atoms with Crippen LogP contribution in [-0.2, 0) is 25.7 Å². The summed E-state index contributed by atoms with van der Waals surface area (Å²) >= 11 is 0. The fourth-order valence-electron chi connectivity index (χ4n) is 6.88. The average molecular weight is 670 g/mol. The summed E-state index contributed by atoms with van der Waals surface area (Å²) in [6.07, 6.45) is 9.40. The van der Waals surface area contributed by atoms with Gasteiger partial charge in [-0.1, -0.05) is 133 Å². The Balaban J connectivity index is 1.07. The van der Waals surface area contributed by atoms with Gasteiger partial charge in [0.1, 0.15) is 0 Å². The Morgan fingerprint density at radius 2 is 0.615 bits per heavy atom. The number of benzene rings is 5. The molecule has 0 radical (unpaired) electrons. The van der Waals surface area contributed by atoms with Crippen molar-refractivity contribution in [2.75, 3.05) is 0 Å². The normalized spacial score (nSPS) is 11.0. The zero-order valence-electron chi connectivity index (χ0n) is 29.1. The summed E-state index contributed by atoms with van der Waals surface area (Å²) in [5.74, 6) is 0. The van der Waals surface area contributed by atoms with E-state index in [9.17, 15) is 0 Å². The van der Waals surface area contributed by atoms with Gasteiger partial charge >= 0.3 is 0 Å². The fraction of sp³-hybridized carbons (Fsp3) is 0.0816. The molecule has 250 valence electrons. The number of rotatable bonds is 11. The van der Waals surface area contributed by atoms with E-state index in [1.54, 1.807) is 0 Å². The van der Waals surface area contributed by atoms with Crippen molar-refractivity contribution in [3.05, 3.63) is 211 Å². The van der Waals surface area contributed by atoms with E-state index in [0.29, 0.717) is 0 Å². The molecule has 0 aliphatic heterocycles. The van der Waals surface area contributed by atoms with Gasteiger partial charge in [0.25, 0.3) is 0 Å². The van der Waals surface area contributed by atoms with Crippen LogP contribution in [0.5, 0.6) is 0 Å². The molecule has 0 unspecified atom stereocenters. The molecular formula is C49H39N3. The van der Waals surface area contributed by atoms with E-state index in [-0.39, 0.29) is 0 Å². The summed E-state index contributed by atoms with van der Waals surface area (Å²) in [7, 11) is 0. The first-order valence-electron chi connectivity index (χ1n) is 18.0. The van der Waals surface area contributed by atoms with Crippen molar-refractivity contribution in [1.82, 2.24) is 15.0 Å². The van der Waals surface area contributed by atoms with Gasteiger partial charge in [-0.15, -0.1) is 0 Å². The van der Waals surface area contributed by atoms with Crippen LogP contribution in [0.25, 0.3) is 56.0 Å². The highest BCUT2D eigenvalue weighted by molar-refractivity contribution is 5.84. The smallest absolute Gasteiger partial charge is 0.0701 e.